The van der Waals surface area contributed by atoms with Gasteiger partial charge in [-0.05, 0) is 38.5 Å². The largest absolute Gasteiger partial charge is 0.479 e. The van der Waals surface area contributed by atoms with Crippen LogP contribution in [0.5, 0.6) is 0 Å². The van der Waals surface area contributed by atoms with E-state index in [2.05, 4.69) is 18.9 Å². The highest BCUT2D eigenvalue weighted by Gasteiger charge is 2.35. The third-order valence-electron chi connectivity index (χ3n) is 6.23. The summed E-state index contributed by atoms with van der Waals surface area (Å²) in [6, 6.07) is 0. The van der Waals surface area contributed by atoms with Crippen LogP contribution in [0.3, 0.4) is 0 Å². The summed E-state index contributed by atoms with van der Waals surface area (Å²) in [6.07, 6.45) is -18.7. The lowest BCUT2D eigenvalue weighted by Crippen LogP contribution is -2.42. The Labute approximate surface area is 293 Å². The van der Waals surface area contributed by atoms with Gasteiger partial charge in [-0.1, -0.05) is 0 Å². The molecule has 0 aliphatic carbocycles. The van der Waals surface area contributed by atoms with Crippen molar-refractivity contribution in [1.82, 2.24) is 0 Å². The van der Waals surface area contributed by atoms with Gasteiger partial charge in [0.2, 0.25) is 0 Å². The summed E-state index contributed by atoms with van der Waals surface area (Å²) in [4.78, 5) is 91.3. The standard InChI is InChI=1S/C28H42O24/c29-13(21(37)38)15(31)23(41)47-7-1-3-9-49-25(43)17(33)19(35)27(45)51-11-5-6-12-52-28(46)20(36)18(34)26(44)50-10-4-2-8-48-24(42)16(32)14(30)22(39)40/h13-20,29-36H,1-12H2,(H,37,38)(H,39,40)/t13-,14-,15-,16-,17-,18-,19-,20-/m1/s1. The Morgan fingerprint density at radius 2 is 0.423 bits per heavy atom. The van der Waals surface area contributed by atoms with Gasteiger partial charge in [0, 0.05) is 0 Å². The fourth-order valence-corrected chi connectivity index (χ4v) is 3.20. The fraction of sp³-hybridized carbons (Fsp3) is 0.714. The first-order valence-corrected chi connectivity index (χ1v) is 15.2. The average molecular weight is 763 g/mol. The second-order valence-electron chi connectivity index (χ2n) is 10.4. The number of aliphatic hydroxyl groups excluding tert-OH is 8. The van der Waals surface area contributed by atoms with Gasteiger partial charge in [0.1, 0.15) is 0 Å². The second-order valence-corrected chi connectivity index (χ2v) is 10.4. The SMILES string of the molecule is O=C(O)[C@H](O)[C@@H](O)C(=O)OCCCCOC(=O)[C@H](O)[C@@H](O)C(=O)OCCCCOC(=O)[C@H](O)[C@@H](O)C(=O)OCCCCOC(=O)[C@H](O)[C@@H](O)C(=O)O. The maximum atomic E-state index is 11.9. The van der Waals surface area contributed by atoms with Crippen LogP contribution in [-0.2, 0) is 66.8 Å². The van der Waals surface area contributed by atoms with Gasteiger partial charge in [-0.3, -0.25) is 0 Å². The predicted octanol–water partition coefficient (Wildman–Crippen LogP) is -6.36. The Balaban J connectivity index is 4.16. The van der Waals surface area contributed by atoms with Crippen molar-refractivity contribution in [1.29, 1.82) is 0 Å². The lowest BCUT2D eigenvalue weighted by Gasteiger charge is -2.17. The van der Waals surface area contributed by atoms with E-state index < -0.39 is 110 Å². The molecular formula is C28H42O24. The van der Waals surface area contributed by atoms with Crippen LogP contribution in [0.4, 0.5) is 0 Å². The normalized spacial score (nSPS) is 15.6. The highest BCUT2D eigenvalue weighted by Crippen LogP contribution is 2.06. The molecule has 0 aliphatic heterocycles. The first-order valence-electron chi connectivity index (χ1n) is 15.2. The summed E-state index contributed by atoms with van der Waals surface area (Å²) in [5, 5.41) is 93.0. The van der Waals surface area contributed by atoms with E-state index in [1.807, 2.05) is 0 Å². The zero-order valence-corrected chi connectivity index (χ0v) is 27.3. The molecule has 0 amide bonds. The van der Waals surface area contributed by atoms with Crippen LogP contribution >= 0.6 is 0 Å². The molecule has 0 rings (SSSR count). The molecule has 0 saturated carbocycles. The number of carboxylic acids is 2. The van der Waals surface area contributed by atoms with E-state index in [1.54, 1.807) is 0 Å². The highest BCUT2D eigenvalue weighted by molar-refractivity contribution is 5.86. The maximum Gasteiger partial charge on any atom is 0.338 e. The number of rotatable bonds is 27. The van der Waals surface area contributed by atoms with Crippen molar-refractivity contribution >= 4 is 47.8 Å². The molecule has 298 valence electrons. The van der Waals surface area contributed by atoms with Crippen molar-refractivity contribution in [2.24, 2.45) is 0 Å². The molecule has 0 aliphatic rings. The molecule has 0 bridgehead atoms. The van der Waals surface area contributed by atoms with E-state index in [1.165, 1.54) is 0 Å². The number of carboxylic acid groups (broad SMARTS) is 2. The van der Waals surface area contributed by atoms with Crippen LogP contribution < -0.4 is 0 Å². The zero-order valence-electron chi connectivity index (χ0n) is 27.3. The molecule has 0 radical (unpaired) electrons. The first kappa shape index (κ1) is 47.4. The van der Waals surface area contributed by atoms with Gasteiger partial charge in [0.05, 0.1) is 39.6 Å². The van der Waals surface area contributed by atoms with E-state index in [9.17, 15) is 69.0 Å². The lowest BCUT2D eigenvalue weighted by molar-refractivity contribution is -0.174. The highest BCUT2D eigenvalue weighted by atomic mass is 16.6. The molecule has 24 nitrogen and oxygen atoms in total. The number of aliphatic hydroxyl groups is 8. The minimum Gasteiger partial charge on any atom is -0.479 e. The fourth-order valence-electron chi connectivity index (χ4n) is 3.20. The number of aliphatic carboxylic acids is 2. The Bertz CT molecular complexity index is 1100. The topological polar surface area (TPSA) is 394 Å². The molecule has 10 N–H and O–H groups in total. The van der Waals surface area contributed by atoms with E-state index in [0.29, 0.717) is 0 Å². The molecule has 52 heavy (non-hydrogen) atoms. The molecule has 0 aromatic carbocycles. The molecule has 8 atom stereocenters. The van der Waals surface area contributed by atoms with E-state index in [4.69, 9.17) is 29.9 Å². The van der Waals surface area contributed by atoms with E-state index >= 15 is 0 Å². The number of unbranched alkanes of at least 4 members (excludes halogenated alkanes) is 3. The molecule has 0 saturated heterocycles. The van der Waals surface area contributed by atoms with Crippen LogP contribution in [0.2, 0.25) is 0 Å². The predicted molar refractivity (Wildman–Crippen MR) is 157 cm³/mol. The third-order valence-corrected chi connectivity index (χ3v) is 6.23. The monoisotopic (exact) mass is 762 g/mol. The smallest absolute Gasteiger partial charge is 0.338 e. The van der Waals surface area contributed by atoms with Gasteiger partial charge in [0.15, 0.2) is 48.8 Å². The lowest BCUT2D eigenvalue weighted by atomic mass is 10.2. The average Bonchev–Trinajstić information content (AvgIpc) is 3.12. The molecule has 0 spiro atoms. The Hall–Kier alpha value is -4.56. The van der Waals surface area contributed by atoms with Crippen LogP contribution in [0, 0.1) is 0 Å². The van der Waals surface area contributed by atoms with Crippen LogP contribution in [-0.4, -0.2) is 187 Å². The van der Waals surface area contributed by atoms with Gasteiger partial charge < -0.3 is 79.5 Å². The van der Waals surface area contributed by atoms with Crippen LogP contribution in [0.15, 0.2) is 0 Å². The number of ether oxygens (including phenoxy) is 6. The van der Waals surface area contributed by atoms with Gasteiger partial charge in [-0.25, -0.2) is 38.4 Å². The molecule has 0 unspecified atom stereocenters. The second kappa shape index (κ2) is 25.4. The number of carbonyl (C=O) groups excluding carboxylic acids is 6. The van der Waals surface area contributed by atoms with E-state index in [-0.39, 0.29) is 65.0 Å². The Kier molecular flexibility index (Phi) is 23.2. The van der Waals surface area contributed by atoms with Crippen molar-refractivity contribution in [2.45, 2.75) is 87.4 Å². The summed E-state index contributed by atoms with van der Waals surface area (Å²) >= 11 is 0. The van der Waals surface area contributed by atoms with Crippen molar-refractivity contribution in [3.8, 4) is 0 Å². The summed E-state index contributed by atoms with van der Waals surface area (Å²) in [5.74, 6) is -12.1. The first-order chi connectivity index (χ1) is 24.3. The summed E-state index contributed by atoms with van der Waals surface area (Å²) in [7, 11) is 0. The summed E-state index contributed by atoms with van der Waals surface area (Å²) in [6.45, 7) is -2.25. The van der Waals surface area contributed by atoms with Crippen molar-refractivity contribution < 1.29 is 118 Å². The Morgan fingerprint density at radius 1 is 0.288 bits per heavy atom. The van der Waals surface area contributed by atoms with Crippen LogP contribution in [0.25, 0.3) is 0 Å². The number of carbonyl (C=O) groups is 8. The summed E-state index contributed by atoms with van der Waals surface area (Å²) in [5.41, 5.74) is 0. The third kappa shape index (κ3) is 18.1. The van der Waals surface area contributed by atoms with Crippen molar-refractivity contribution in [2.75, 3.05) is 39.6 Å². The molecule has 24 heteroatoms. The van der Waals surface area contributed by atoms with E-state index in [0.717, 1.165) is 0 Å². The van der Waals surface area contributed by atoms with Crippen LogP contribution in [0.1, 0.15) is 38.5 Å². The number of hydrogen-bond donors (Lipinski definition) is 10. The maximum absolute atomic E-state index is 11.9. The number of hydrogen-bond acceptors (Lipinski definition) is 22. The van der Waals surface area contributed by atoms with Crippen molar-refractivity contribution in [3.05, 3.63) is 0 Å². The molecule has 0 aromatic heterocycles. The molecular weight excluding hydrogens is 720 g/mol. The minimum absolute atomic E-state index is 0.00173. The van der Waals surface area contributed by atoms with Gasteiger partial charge in [-0.2, -0.15) is 0 Å². The Morgan fingerprint density at radius 3 is 0.558 bits per heavy atom. The quantitative estimate of drug-likeness (QED) is 0.0211. The van der Waals surface area contributed by atoms with Gasteiger partial charge in [0.25, 0.3) is 0 Å². The molecule has 0 heterocycles. The molecule has 0 fully saturated rings. The van der Waals surface area contributed by atoms with Gasteiger partial charge >= 0.3 is 47.8 Å². The minimum atomic E-state index is -2.39. The molecule has 0 aromatic rings. The summed E-state index contributed by atoms with van der Waals surface area (Å²) < 4.78 is 27.8. The zero-order chi connectivity index (χ0) is 40.0. The number of esters is 6. The van der Waals surface area contributed by atoms with Gasteiger partial charge in [-0.15, -0.1) is 0 Å². The van der Waals surface area contributed by atoms with Crippen molar-refractivity contribution in [3.63, 3.8) is 0 Å².